The number of hydrogen-bond donors (Lipinski definition) is 1. The maximum atomic E-state index is 13.7. The minimum absolute atomic E-state index is 0.0565. The fourth-order valence-corrected chi connectivity index (χ4v) is 3.24. The molecule has 27 heavy (non-hydrogen) atoms. The number of nitrogens with one attached hydrogen (secondary N) is 1. The molecule has 0 spiro atoms. The van der Waals surface area contributed by atoms with E-state index in [-0.39, 0.29) is 23.4 Å². The average molecular weight is 369 g/mol. The Morgan fingerprint density at radius 1 is 1.00 bits per heavy atom. The van der Waals surface area contributed by atoms with Crippen molar-refractivity contribution in [3.05, 3.63) is 59.9 Å². The van der Waals surface area contributed by atoms with Gasteiger partial charge in [-0.3, -0.25) is 14.5 Å². The summed E-state index contributed by atoms with van der Waals surface area (Å²) in [4.78, 5) is 28.2. The molecule has 2 aromatic carbocycles. The average Bonchev–Trinajstić information content (AvgIpc) is 2.69. The maximum Gasteiger partial charge on any atom is 0.241 e. The number of anilines is 2. The van der Waals surface area contributed by atoms with Gasteiger partial charge >= 0.3 is 0 Å². The van der Waals surface area contributed by atoms with Gasteiger partial charge in [-0.05, 0) is 50.2 Å². The van der Waals surface area contributed by atoms with Crippen molar-refractivity contribution in [1.29, 1.82) is 0 Å². The molecule has 5 nitrogen and oxygen atoms in total. The number of nitrogens with zero attached hydrogens (tertiary/aromatic N) is 2. The summed E-state index contributed by atoms with van der Waals surface area (Å²) in [6, 6.07) is 13.4. The Labute approximate surface area is 158 Å². The number of halogens is 1. The summed E-state index contributed by atoms with van der Waals surface area (Å²) in [6.07, 6.45) is 0. The van der Waals surface area contributed by atoms with Crippen molar-refractivity contribution in [2.75, 3.05) is 36.4 Å². The molecule has 1 N–H and O–H groups in total. The molecule has 1 aliphatic heterocycles. The Kier molecular flexibility index (Phi) is 5.86. The van der Waals surface area contributed by atoms with Crippen LogP contribution in [0.4, 0.5) is 15.8 Å². The molecular formula is C21H24FN3O2. The normalized spacial score (nSPS) is 16.0. The molecule has 1 aliphatic rings. The van der Waals surface area contributed by atoms with E-state index in [9.17, 15) is 14.0 Å². The summed E-state index contributed by atoms with van der Waals surface area (Å²) in [5.74, 6) is -0.586. The second-order valence-corrected chi connectivity index (χ2v) is 6.77. The number of para-hydroxylation sites is 1. The first kappa shape index (κ1) is 19.0. The van der Waals surface area contributed by atoms with Crippen molar-refractivity contribution < 1.29 is 14.0 Å². The second kappa shape index (κ2) is 8.31. The van der Waals surface area contributed by atoms with Gasteiger partial charge in [0.1, 0.15) is 5.82 Å². The monoisotopic (exact) mass is 369 g/mol. The molecule has 0 aliphatic carbocycles. The van der Waals surface area contributed by atoms with Crippen LogP contribution in [0.5, 0.6) is 0 Å². The van der Waals surface area contributed by atoms with Crippen LogP contribution in [-0.2, 0) is 4.79 Å². The number of carbonyl (C=O) groups excluding carboxylic acids is 2. The third kappa shape index (κ3) is 4.52. The molecule has 1 amide bonds. The van der Waals surface area contributed by atoms with E-state index >= 15 is 0 Å². The van der Waals surface area contributed by atoms with E-state index in [1.165, 1.54) is 6.07 Å². The van der Waals surface area contributed by atoms with Crippen molar-refractivity contribution >= 4 is 23.1 Å². The first-order valence-corrected chi connectivity index (χ1v) is 9.11. The predicted octanol–water partition coefficient (Wildman–Crippen LogP) is 3.18. The molecule has 2 aromatic rings. The number of piperazine rings is 1. The van der Waals surface area contributed by atoms with E-state index in [1.807, 2.05) is 31.2 Å². The summed E-state index contributed by atoms with van der Waals surface area (Å²) >= 11 is 0. The minimum Gasteiger partial charge on any atom is -0.369 e. The summed E-state index contributed by atoms with van der Waals surface area (Å²) in [5, 5.41) is 2.67. The summed E-state index contributed by atoms with van der Waals surface area (Å²) in [7, 11) is 0. The molecule has 0 bridgehead atoms. The molecule has 1 saturated heterocycles. The zero-order valence-corrected chi connectivity index (χ0v) is 15.6. The smallest absolute Gasteiger partial charge is 0.241 e. The first-order chi connectivity index (χ1) is 13.0. The van der Waals surface area contributed by atoms with Crippen LogP contribution in [0.15, 0.2) is 48.5 Å². The van der Waals surface area contributed by atoms with Crippen molar-refractivity contribution in [3.8, 4) is 0 Å². The number of carbonyl (C=O) groups is 2. The lowest BCUT2D eigenvalue weighted by molar-refractivity contribution is -0.120. The van der Waals surface area contributed by atoms with Gasteiger partial charge in [0.15, 0.2) is 5.78 Å². The molecule has 0 aromatic heterocycles. The zero-order chi connectivity index (χ0) is 19.4. The summed E-state index contributed by atoms with van der Waals surface area (Å²) in [5.41, 5.74) is 1.98. The molecule has 1 heterocycles. The van der Waals surface area contributed by atoms with Crippen LogP contribution < -0.4 is 10.2 Å². The van der Waals surface area contributed by atoms with E-state index < -0.39 is 5.82 Å². The van der Waals surface area contributed by atoms with Gasteiger partial charge in [-0.2, -0.15) is 0 Å². The third-order valence-electron chi connectivity index (χ3n) is 5.01. The van der Waals surface area contributed by atoms with Gasteiger partial charge in [0.05, 0.1) is 11.7 Å². The van der Waals surface area contributed by atoms with Gasteiger partial charge in [-0.1, -0.05) is 12.1 Å². The molecule has 3 rings (SSSR count). The van der Waals surface area contributed by atoms with Crippen LogP contribution >= 0.6 is 0 Å². The zero-order valence-electron chi connectivity index (χ0n) is 15.6. The van der Waals surface area contributed by atoms with E-state index in [1.54, 1.807) is 25.1 Å². The van der Waals surface area contributed by atoms with E-state index in [4.69, 9.17) is 0 Å². The van der Waals surface area contributed by atoms with Gasteiger partial charge in [-0.15, -0.1) is 0 Å². The Bertz CT molecular complexity index is 814. The molecule has 0 unspecified atom stereocenters. The Hall–Kier alpha value is -2.73. The number of hydrogen-bond acceptors (Lipinski definition) is 4. The van der Waals surface area contributed by atoms with Crippen LogP contribution in [0.1, 0.15) is 24.2 Å². The van der Waals surface area contributed by atoms with Crippen molar-refractivity contribution in [2.24, 2.45) is 0 Å². The van der Waals surface area contributed by atoms with Gasteiger partial charge < -0.3 is 10.2 Å². The number of Topliss-reactive ketones (excluding diaryl/α,β-unsaturated/α-hetero) is 1. The molecule has 0 radical (unpaired) electrons. The van der Waals surface area contributed by atoms with Gasteiger partial charge in [0.25, 0.3) is 0 Å². The highest BCUT2D eigenvalue weighted by molar-refractivity contribution is 5.95. The fraction of sp³-hybridized carbons (Fsp3) is 0.333. The minimum atomic E-state index is -0.433. The molecule has 142 valence electrons. The number of rotatable bonds is 5. The Morgan fingerprint density at radius 2 is 1.63 bits per heavy atom. The molecule has 1 atom stereocenters. The van der Waals surface area contributed by atoms with Gasteiger partial charge in [0.2, 0.25) is 5.91 Å². The topological polar surface area (TPSA) is 52.7 Å². The standard InChI is InChI=1S/C21H24FN3O2/c1-15(21(27)23-20-6-4-3-5-19(20)22)24-11-13-25(14-12-24)18-9-7-17(8-10-18)16(2)26/h3-10,15H,11-14H2,1-2H3,(H,23,27)/t15-/m1/s1. The van der Waals surface area contributed by atoms with Gasteiger partial charge in [0, 0.05) is 37.4 Å². The highest BCUT2D eigenvalue weighted by Gasteiger charge is 2.26. The highest BCUT2D eigenvalue weighted by atomic mass is 19.1. The Morgan fingerprint density at radius 3 is 2.22 bits per heavy atom. The van der Waals surface area contributed by atoms with E-state index in [0.717, 1.165) is 31.9 Å². The number of benzene rings is 2. The van der Waals surface area contributed by atoms with Crippen LogP contribution in [0.2, 0.25) is 0 Å². The molecule has 6 heteroatoms. The lowest BCUT2D eigenvalue weighted by atomic mass is 10.1. The molecule has 0 saturated carbocycles. The lowest BCUT2D eigenvalue weighted by Gasteiger charge is -2.38. The van der Waals surface area contributed by atoms with E-state index in [0.29, 0.717) is 5.56 Å². The first-order valence-electron chi connectivity index (χ1n) is 9.11. The summed E-state index contributed by atoms with van der Waals surface area (Å²) in [6.45, 7) is 6.45. The van der Waals surface area contributed by atoms with Crippen LogP contribution in [-0.4, -0.2) is 48.8 Å². The van der Waals surface area contributed by atoms with Crippen LogP contribution in [0, 0.1) is 5.82 Å². The number of amides is 1. The number of ketones is 1. The van der Waals surface area contributed by atoms with Crippen LogP contribution in [0.3, 0.4) is 0 Å². The van der Waals surface area contributed by atoms with Crippen molar-refractivity contribution in [2.45, 2.75) is 19.9 Å². The lowest BCUT2D eigenvalue weighted by Crippen LogP contribution is -2.52. The van der Waals surface area contributed by atoms with Crippen molar-refractivity contribution in [3.63, 3.8) is 0 Å². The summed E-state index contributed by atoms with van der Waals surface area (Å²) < 4.78 is 13.7. The third-order valence-corrected chi connectivity index (χ3v) is 5.01. The predicted molar refractivity (Wildman–Crippen MR) is 105 cm³/mol. The second-order valence-electron chi connectivity index (χ2n) is 6.77. The van der Waals surface area contributed by atoms with E-state index in [2.05, 4.69) is 15.1 Å². The van der Waals surface area contributed by atoms with Crippen LogP contribution in [0.25, 0.3) is 0 Å². The molecule has 1 fully saturated rings. The van der Waals surface area contributed by atoms with Crippen molar-refractivity contribution in [1.82, 2.24) is 4.90 Å². The van der Waals surface area contributed by atoms with Gasteiger partial charge in [-0.25, -0.2) is 4.39 Å². The Balaban J connectivity index is 1.55. The quantitative estimate of drug-likeness (QED) is 0.823. The largest absolute Gasteiger partial charge is 0.369 e. The SMILES string of the molecule is CC(=O)c1ccc(N2CCN([C@H](C)C(=O)Nc3ccccc3F)CC2)cc1. The fourth-order valence-electron chi connectivity index (χ4n) is 3.24. The highest BCUT2D eigenvalue weighted by Crippen LogP contribution is 2.19. The molecular weight excluding hydrogens is 345 g/mol. The maximum absolute atomic E-state index is 13.7.